The Hall–Kier alpha value is -2.40. The van der Waals surface area contributed by atoms with Gasteiger partial charge in [-0.25, -0.2) is 0 Å². The minimum absolute atomic E-state index is 0.128. The van der Waals surface area contributed by atoms with Gasteiger partial charge in [0.2, 0.25) is 0 Å². The van der Waals surface area contributed by atoms with Crippen molar-refractivity contribution in [1.29, 1.82) is 0 Å². The zero-order valence-corrected chi connectivity index (χ0v) is 31.2. The van der Waals surface area contributed by atoms with E-state index in [0.717, 1.165) is 77.0 Å². The second-order valence-electron chi connectivity index (χ2n) is 13.0. The number of rotatable bonds is 35. The summed E-state index contributed by atoms with van der Waals surface area (Å²) in [5, 5.41) is 10.0. The maximum atomic E-state index is 12.0. The highest BCUT2D eigenvalue weighted by Gasteiger charge is 2.12. The molecule has 48 heavy (non-hydrogen) atoms. The van der Waals surface area contributed by atoms with Crippen LogP contribution in [0, 0.1) is 0 Å². The third kappa shape index (κ3) is 38.1. The summed E-state index contributed by atoms with van der Waals surface area (Å²) in [7, 11) is 0. The van der Waals surface area contributed by atoms with Crippen molar-refractivity contribution in [2.45, 2.75) is 187 Å². The third-order valence-electron chi connectivity index (χ3n) is 8.24. The molecule has 1 N–H and O–H groups in total. The average Bonchev–Trinajstić information content (AvgIpc) is 3.09. The third-order valence-corrected chi connectivity index (χ3v) is 8.24. The molecular formula is C43H74O5. The molecule has 0 saturated heterocycles. The molecule has 0 fully saturated rings. The van der Waals surface area contributed by atoms with E-state index >= 15 is 0 Å². The summed E-state index contributed by atoms with van der Waals surface area (Å²) in [5.74, 6) is -0.599. The molecule has 0 aliphatic rings. The normalized spacial score (nSPS) is 12.8. The first-order chi connectivity index (χ1) is 23.6. The Morgan fingerprint density at radius 2 is 0.792 bits per heavy atom. The lowest BCUT2D eigenvalue weighted by molar-refractivity contribution is -0.152. The van der Waals surface area contributed by atoms with E-state index in [-0.39, 0.29) is 25.2 Å². The first-order valence-electron chi connectivity index (χ1n) is 19.8. The molecule has 0 saturated carbocycles. The topological polar surface area (TPSA) is 72.8 Å². The van der Waals surface area contributed by atoms with E-state index in [2.05, 4.69) is 74.6 Å². The Morgan fingerprint density at radius 1 is 0.458 bits per heavy atom. The molecule has 0 bridgehead atoms. The van der Waals surface area contributed by atoms with E-state index in [1.54, 1.807) is 0 Å². The Kier molecular flexibility index (Phi) is 37.1. The molecule has 276 valence electrons. The molecule has 0 aromatic heterocycles. The van der Waals surface area contributed by atoms with Crippen LogP contribution in [-0.4, -0.2) is 36.4 Å². The quantitative estimate of drug-likeness (QED) is 0.0413. The minimum atomic E-state index is -0.977. The summed E-state index contributed by atoms with van der Waals surface area (Å²) in [4.78, 5) is 23.9. The van der Waals surface area contributed by atoms with Crippen LogP contribution < -0.4 is 0 Å². The molecule has 0 unspecified atom stereocenters. The maximum Gasteiger partial charge on any atom is 0.305 e. The van der Waals surface area contributed by atoms with Gasteiger partial charge < -0.3 is 14.6 Å². The van der Waals surface area contributed by atoms with E-state index in [0.29, 0.717) is 12.8 Å². The average molecular weight is 671 g/mol. The van der Waals surface area contributed by atoms with Crippen LogP contribution in [0.15, 0.2) is 60.8 Å². The predicted molar refractivity (Wildman–Crippen MR) is 205 cm³/mol. The summed E-state index contributed by atoms with van der Waals surface area (Å²) in [5.41, 5.74) is 0. The number of hydrogen-bond donors (Lipinski definition) is 1. The minimum Gasteiger partial charge on any atom is -0.463 e. The Labute approximate surface area is 296 Å². The van der Waals surface area contributed by atoms with Crippen molar-refractivity contribution in [3.63, 3.8) is 0 Å². The molecule has 0 heterocycles. The summed E-state index contributed by atoms with van der Waals surface area (Å²) in [6.07, 6.45) is 49.9. The van der Waals surface area contributed by atoms with Crippen molar-refractivity contribution in [1.82, 2.24) is 0 Å². The van der Waals surface area contributed by atoms with Gasteiger partial charge in [0.25, 0.3) is 0 Å². The second kappa shape index (κ2) is 39.0. The van der Waals surface area contributed by atoms with Crippen molar-refractivity contribution in [3.8, 4) is 0 Å². The van der Waals surface area contributed by atoms with Gasteiger partial charge in [-0.15, -0.1) is 0 Å². The van der Waals surface area contributed by atoms with Crippen molar-refractivity contribution >= 4 is 11.9 Å². The standard InChI is InChI=1S/C43H74O5/c1-3-5-7-9-11-13-15-17-19-21-23-25-27-29-31-33-35-37-42(45)47-39-41(44)40-48-43(46)38-36-34-32-30-28-26-24-22-20-18-16-14-12-10-8-6-4-2/h5,7,11,13,17-20,23,25,41,44H,3-4,6,8-10,12,14-16,21-22,24,26-40H2,1-2H3/b7-5-,13-11-,19-17-,20-18-,25-23-/t41-/m0/s1. The zero-order valence-electron chi connectivity index (χ0n) is 31.2. The molecule has 5 nitrogen and oxygen atoms in total. The predicted octanol–water partition coefficient (Wildman–Crippen LogP) is 12.4. The van der Waals surface area contributed by atoms with Crippen LogP contribution in [0.1, 0.15) is 181 Å². The smallest absolute Gasteiger partial charge is 0.305 e. The second-order valence-corrected chi connectivity index (χ2v) is 13.0. The van der Waals surface area contributed by atoms with Crippen molar-refractivity contribution in [2.75, 3.05) is 13.2 Å². The van der Waals surface area contributed by atoms with Crippen molar-refractivity contribution in [2.24, 2.45) is 0 Å². The lowest BCUT2D eigenvalue weighted by atomic mass is 10.1. The number of carbonyl (C=O) groups is 2. The van der Waals surface area contributed by atoms with Crippen molar-refractivity contribution < 1.29 is 24.2 Å². The Morgan fingerprint density at radius 3 is 1.21 bits per heavy atom. The maximum absolute atomic E-state index is 12.0. The molecule has 5 heteroatoms. The Bertz CT molecular complexity index is 853. The number of unbranched alkanes of at least 4 members (excludes halogenated alkanes) is 17. The first kappa shape index (κ1) is 45.6. The van der Waals surface area contributed by atoms with Crippen LogP contribution in [0.3, 0.4) is 0 Å². The number of aliphatic hydroxyl groups is 1. The van der Waals surface area contributed by atoms with Gasteiger partial charge >= 0.3 is 11.9 Å². The number of esters is 2. The van der Waals surface area contributed by atoms with Gasteiger partial charge in [0, 0.05) is 12.8 Å². The summed E-state index contributed by atoms with van der Waals surface area (Å²) < 4.78 is 10.3. The van der Waals surface area contributed by atoms with Gasteiger partial charge in [-0.2, -0.15) is 0 Å². The molecule has 1 atom stereocenters. The summed E-state index contributed by atoms with van der Waals surface area (Å²) >= 11 is 0. The first-order valence-corrected chi connectivity index (χ1v) is 19.8. The van der Waals surface area contributed by atoms with E-state index in [4.69, 9.17) is 9.47 Å². The number of allylic oxidation sites excluding steroid dienone is 10. The molecule has 0 aliphatic carbocycles. The van der Waals surface area contributed by atoms with Gasteiger partial charge in [0.05, 0.1) is 0 Å². The number of carbonyl (C=O) groups excluding carboxylic acids is 2. The molecule has 0 rings (SSSR count). The number of ether oxygens (including phenoxy) is 2. The van der Waals surface area contributed by atoms with E-state index in [1.807, 2.05) is 0 Å². The van der Waals surface area contributed by atoms with E-state index in [1.165, 1.54) is 77.0 Å². The Balaban J connectivity index is 3.50. The fourth-order valence-electron chi connectivity index (χ4n) is 5.25. The van der Waals surface area contributed by atoms with Crippen LogP contribution in [-0.2, 0) is 19.1 Å². The molecule has 0 spiro atoms. The number of aliphatic hydroxyl groups excluding tert-OH is 1. The van der Waals surface area contributed by atoms with Crippen LogP contribution in [0.4, 0.5) is 0 Å². The fraction of sp³-hybridized carbons (Fsp3) is 0.721. The summed E-state index contributed by atoms with van der Waals surface area (Å²) in [6.45, 7) is 4.15. The van der Waals surface area contributed by atoms with Crippen molar-refractivity contribution in [3.05, 3.63) is 60.8 Å². The highest BCUT2D eigenvalue weighted by Crippen LogP contribution is 2.12. The van der Waals surface area contributed by atoms with Crippen LogP contribution in [0.5, 0.6) is 0 Å². The highest BCUT2D eigenvalue weighted by molar-refractivity contribution is 5.69. The van der Waals surface area contributed by atoms with E-state index < -0.39 is 6.10 Å². The molecule has 0 radical (unpaired) electrons. The fourth-order valence-corrected chi connectivity index (χ4v) is 5.25. The monoisotopic (exact) mass is 671 g/mol. The van der Waals surface area contributed by atoms with Gasteiger partial charge in [0.1, 0.15) is 19.3 Å². The van der Waals surface area contributed by atoms with E-state index in [9.17, 15) is 14.7 Å². The highest BCUT2D eigenvalue weighted by atomic mass is 16.6. The van der Waals surface area contributed by atoms with Gasteiger partial charge in [-0.1, -0.05) is 152 Å². The van der Waals surface area contributed by atoms with Gasteiger partial charge in [0.15, 0.2) is 0 Å². The van der Waals surface area contributed by atoms with Gasteiger partial charge in [-0.05, 0) is 77.0 Å². The molecule has 0 aliphatic heterocycles. The lowest BCUT2D eigenvalue weighted by Crippen LogP contribution is -2.25. The SMILES string of the molecule is CC/C=C\C/C=C\C/C=C\C/C=C\CCCCCCC(=O)OC[C@H](O)COC(=O)CCCCCCCCC/C=C\CCCCCCCC. The zero-order chi connectivity index (χ0) is 35.0. The largest absolute Gasteiger partial charge is 0.463 e. The van der Waals surface area contributed by atoms with Crippen LogP contribution in [0.25, 0.3) is 0 Å². The molecule has 0 aromatic rings. The van der Waals surface area contributed by atoms with Crippen LogP contribution in [0.2, 0.25) is 0 Å². The number of hydrogen-bond acceptors (Lipinski definition) is 5. The van der Waals surface area contributed by atoms with Gasteiger partial charge in [-0.3, -0.25) is 9.59 Å². The summed E-state index contributed by atoms with van der Waals surface area (Å²) in [6, 6.07) is 0. The molecule has 0 aromatic carbocycles. The molecular weight excluding hydrogens is 596 g/mol. The lowest BCUT2D eigenvalue weighted by Gasteiger charge is -2.12. The molecule has 0 amide bonds. The van der Waals surface area contributed by atoms with Crippen LogP contribution >= 0.6 is 0 Å².